The van der Waals surface area contributed by atoms with E-state index in [-0.39, 0.29) is 22.0 Å². The molecule has 0 heterocycles. The van der Waals surface area contributed by atoms with Gasteiger partial charge in [-0.2, -0.15) is 0 Å². The van der Waals surface area contributed by atoms with Crippen molar-refractivity contribution < 1.29 is 23.1 Å². The summed E-state index contributed by atoms with van der Waals surface area (Å²) in [6, 6.07) is 25.5. The number of hydrogen-bond acceptors (Lipinski definition) is 5. The Morgan fingerprint density at radius 2 is 1.51 bits per heavy atom. The first-order valence-electron chi connectivity index (χ1n) is 10.4. The SMILES string of the molecule is N=C(N)c1ccc(Oc2ccc(NS(=O)(=O)c3ccccc3)cc2-c2ccccc2C(=O)O)cc1. The molecular formula is C26H21N3O5S. The van der Waals surface area contributed by atoms with E-state index in [1.807, 2.05) is 0 Å². The standard InChI is InChI=1S/C26H21N3O5S/c27-25(28)17-10-13-19(14-11-17)34-24-15-12-18(29-35(32,33)20-6-2-1-3-7-20)16-23(24)21-8-4-5-9-22(21)26(30)31/h1-16,29H,(H3,27,28)(H,30,31). The highest BCUT2D eigenvalue weighted by molar-refractivity contribution is 7.92. The van der Waals surface area contributed by atoms with E-state index < -0.39 is 16.0 Å². The lowest BCUT2D eigenvalue weighted by Gasteiger charge is -2.16. The summed E-state index contributed by atoms with van der Waals surface area (Å²) in [6.45, 7) is 0. The van der Waals surface area contributed by atoms with Gasteiger partial charge in [0.2, 0.25) is 0 Å². The Hall–Kier alpha value is -4.63. The molecule has 0 aliphatic heterocycles. The zero-order chi connectivity index (χ0) is 25.0. The summed E-state index contributed by atoms with van der Waals surface area (Å²) in [6.07, 6.45) is 0. The zero-order valence-electron chi connectivity index (χ0n) is 18.3. The van der Waals surface area contributed by atoms with E-state index in [9.17, 15) is 18.3 Å². The molecule has 4 rings (SSSR count). The molecule has 0 saturated heterocycles. The number of nitrogens with two attached hydrogens (primary N) is 1. The van der Waals surface area contributed by atoms with Gasteiger partial charge in [0, 0.05) is 16.8 Å². The maximum Gasteiger partial charge on any atom is 0.336 e. The van der Waals surface area contributed by atoms with Crippen LogP contribution in [-0.4, -0.2) is 25.3 Å². The Kier molecular flexibility index (Phi) is 6.52. The lowest BCUT2D eigenvalue weighted by Crippen LogP contribution is -2.13. The van der Waals surface area contributed by atoms with E-state index in [4.69, 9.17) is 15.9 Å². The Labute approximate surface area is 202 Å². The number of benzene rings is 4. The molecule has 0 radical (unpaired) electrons. The fourth-order valence-electron chi connectivity index (χ4n) is 3.44. The molecule has 0 aliphatic carbocycles. The van der Waals surface area contributed by atoms with E-state index in [0.717, 1.165) is 0 Å². The van der Waals surface area contributed by atoms with Crippen LogP contribution in [0, 0.1) is 5.41 Å². The first-order valence-corrected chi connectivity index (χ1v) is 11.9. The van der Waals surface area contributed by atoms with Gasteiger partial charge in [0.25, 0.3) is 10.0 Å². The van der Waals surface area contributed by atoms with Gasteiger partial charge in [-0.15, -0.1) is 0 Å². The highest BCUT2D eigenvalue weighted by Gasteiger charge is 2.19. The summed E-state index contributed by atoms with van der Waals surface area (Å²) in [4.78, 5) is 12.0. The average Bonchev–Trinajstić information content (AvgIpc) is 2.85. The van der Waals surface area contributed by atoms with Crippen molar-refractivity contribution in [1.82, 2.24) is 0 Å². The second-order valence-corrected chi connectivity index (χ2v) is 9.20. The molecule has 0 unspecified atom stereocenters. The number of aromatic carboxylic acids is 1. The molecule has 8 nitrogen and oxygen atoms in total. The van der Waals surface area contributed by atoms with Gasteiger partial charge in [-0.1, -0.05) is 36.4 Å². The number of nitrogen functional groups attached to an aromatic ring is 1. The van der Waals surface area contributed by atoms with Crippen LogP contribution < -0.4 is 15.2 Å². The Morgan fingerprint density at radius 3 is 2.17 bits per heavy atom. The second-order valence-electron chi connectivity index (χ2n) is 7.52. The summed E-state index contributed by atoms with van der Waals surface area (Å²) < 4.78 is 34.2. The molecule has 4 aromatic rings. The Morgan fingerprint density at radius 1 is 0.857 bits per heavy atom. The molecule has 0 aromatic heterocycles. The minimum atomic E-state index is -3.86. The van der Waals surface area contributed by atoms with E-state index in [0.29, 0.717) is 28.2 Å². The van der Waals surface area contributed by atoms with E-state index in [2.05, 4.69) is 4.72 Å². The highest BCUT2D eigenvalue weighted by atomic mass is 32.2. The van der Waals surface area contributed by atoms with Crippen molar-refractivity contribution in [3.63, 3.8) is 0 Å². The molecule has 176 valence electrons. The fraction of sp³-hybridized carbons (Fsp3) is 0. The Bertz CT molecular complexity index is 1500. The van der Waals surface area contributed by atoms with Crippen LogP contribution in [0.1, 0.15) is 15.9 Å². The van der Waals surface area contributed by atoms with Crippen LogP contribution in [0.25, 0.3) is 11.1 Å². The predicted octanol–water partition coefficient (Wildman–Crippen LogP) is 4.93. The van der Waals surface area contributed by atoms with Gasteiger partial charge < -0.3 is 15.6 Å². The van der Waals surface area contributed by atoms with Gasteiger partial charge in [-0.05, 0) is 66.2 Å². The van der Waals surface area contributed by atoms with Crippen LogP contribution in [0.15, 0.2) is 102 Å². The van der Waals surface area contributed by atoms with Crippen molar-refractivity contribution in [2.24, 2.45) is 5.73 Å². The molecule has 0 atom stereocenters. The quantitative estimate of drug-likeness (QED) is 0.205. The van der Waals surface area contributed by atoms with E-state index in [1.165, 1.54) is 30.3 Å². The number of anilines is 1. The van der Waals surface area contributed by atoms with Crippen LogP contribution >= 0.6 is 0 Å². The van der Waals surface area contributed by atoms with Gasteiger partial charge in [0.15, 0.2) is 0 Å². The van der Waals surface area contributed by atoms with Crippen LogP contribution in [0.2, 0.25) is 0 Å². The molecule has 0 saturated carbocycles. The molecule has 0 aliphatic rings. The minimum absolute atomic E-state index is 0.0346. The van der Waals surface area contributed by atoms with Crippen LogP contribution in [0.3, 0.4) is 0 Å². The van der Waals surface area contributed by atoms with Gasteiger partial charge in [0.05, 0.1) is 10.5 Å². The van der Waals surface area contributed by atoms with Crippen molar-refractivity contribution in [2.75, 3.05) is 4.72 Å². The maximum atomic E-state index is 12.8. The molecule has 35 heavy (non-hydrogen) atoms. The predicted molar refractivity (Wildman–Crippen MR) is 134 cm³/mol. The van der Waals surface area contributed by atoms with E-state index >= 15 is 0 Å². The molecule has 0 amide bonds. The summed E-state index contributed by atoms with van der Waals surface area (Å²) in [7, 11) is -3.86. The number of sulfonamides is 1. The second kappa shape index (κ2) is 9.70. The Balaban J connectivity index is 1.78. The van der Waals surface area contributed by atoms with Gasteiger partial charge >= 0.3 is 5.97 Å². The largest absolute Gasteiger partial charge is 0.478 e. The number of carbonyl (C=O) groups is 1. The maximum absolute atomic E-state index is 12.8. The minimum Gasteiger partial charge on any atom is -0.478 e. The lowest BCUT2D eigenvalue weighted by molar-refractivity contribution is 0.0697. The van der Waals surface area contributed by atoms with Crippen molar-refractivity contribution in [3.05, 3.63) is 108 Å². The van der Waals surface area contributed by atoms with Crippen LogP contribution in [0.5, 0.6) is 11.5 Å². The summed E-state index contributed by atoms with van der Waals surface area (Å²) in [5.41, 5.74) is 7.04. The summed E-state index contributed by atoms with van der Waals surface area (Å²) in [5, 5.41) is 17.2. The number of nitrogens with one attached hydrogen (secondary N) is 2. The molecule has 0 bridgehead atoms. The molecule has 0 spiro atoms. The summed E-state index contributed by atoms with van der Waals surface area (Å²) in [5.74, 6) is -0.464. The fourth-order valence-corrected chi connectivity index (χ4v) is 4.51. The van der Waals surface area contributed by atoms with Crippen LogP contribution in [-0.2, 0) is 10.0 Å². The first-order chi connectivity index (χ1) is 16.7. The van der Waals surface area contributed by atoms with Crippen molar-refractivity contribution in [3.8, 4) is 22.6 Å². The van der Waals surface area contributed by atoms with Crippen LogP contribution in [0.4, 0.5) is 5.69 Å². The smallest absolute Gasteiger partial charge is 0.336 e. The third-order valence-corrected chi connectivity index (χ3v) is 6.52. The topological polar surface area (TPSA) is 143 Å². The third-order valence-electron chi connectivity index (χ3n) is 5.13. The van der Waals surface area contributed by atoms with Gasteiger partial charge in [-0.25, -0.2) is 13.2 Å². The highest BCUT2D eigenvalue weighted by Crippen LogP contribution is 2.38. The number of carboxylic acid groups (broad SMARTS) is 1. The molecule has 5 N–H and O–H groups in total. The normalized spacial score (nSPS) is 11.0. The molecule has 0 fully saturated rings. The first kappa shape index (κ1) is 23.5. The number of carboxylic acids is 1. The lowest BCUT2D eigenvalue weighted by atomic mass is 9.98. The third kappa shape index (κ3) is 5.31. The number of hydrogen-bond donors (Lipinski definition) is 4. The average molecular weight is 488 g/mol. The van der Waals surface area contributed by atoms with Crippen molar-refractivity contribution in [1.29, 1.82) is 5.41 Å². The monoisotopic (exact) mass is 487 g/mol. The number of ether oxygens (including phenoxy) is 1. The molecule has 4 aromatic carbocycles. The number of rotatable bonds is 8. The van der Waals surface area contributed by atoms with Crippen molar-refractivity contribution >= 4 is 27.5 Å². The van der Waals surface area contributed by atoms with Crippen molar-refractivity contribution in [2.45, 2.75) is 4.90 Å². The zero-order valence-corrected chi connectivity index (χ0v) is 19.1. The van der Waals surface area contributed by atoms with E-state index in [1.54, 1.807) is 66.7 Å². The van der Waals surface area contributed by atoms with Gasteiger partial charge in [0.1, 0.15) is 17.3 Å². The molecular weight excluding hydrogens is 466 g/mol. The number of amidine groups is 1. The summed E-state index contributed by atoms with van der Waals surface area (Å²) >= 11 is 0. The van der Waals surface area contributed by atoms with Gasteiger partial charge in [-0.3, -0.25) is 10.1 Å². The molecule has 9 heteroatoms.